The number of anilines is 1. The summed E-state index contributed by atoms with van der Waals surface area (Å²) in [6.45, 7) is 3.62. The first-order chi connectivity index (χ1) is 14.7. The van der Waals surface area contributed by atoms with Gasteiger partial charge < -0.3 is 10.1 Å². The molecule has 0 saturated carbocycles. The zero-order valence-corrected chi connectivity index (χ0v) is 18.9. The van der Waals surface area contributed by atoms with Crippen molar-refractivity contribution in [3.05, 3.63) is 88.4 Å². The van der Waals surface area contributed by atoms with Crippen LogP contribution in [-0.2, 0) is 10.0 Å². The van der Waals surface area contributed by atoms with Gasteiger partial charge in [0, 0.05) is 11.1 Å². The standard InChI is InChI=1S/C23H23ClN2O4S/c1-15-8-4-6-10-20(15)26-31(28,29)22-14-17(12-13-19(22)24)23(27)25-16(2)18-9-5-7-11-21(18)30-3/h4-14,16,26H,1-3H3,(H,25,27)/t16-/m0/s1. The Kier molecular flexibility index (Phi) is 6.87. The predicted molar refractivity (Wildman–Crippen MR) is 122 cm³/mol. The number of hydrogen-bond donors (Lipinski definition) is 2. The fraction of sp³-hybridized carbons (Fsp3) is 0.174. The molecule has 31 heavy (non-hydrogen) atoms. The molecule has 6 nitrogen and oxygen atoms in total. The number of nitrogens with one attached hydrogen (secondary N) is 2. The van der Waals surface area contributed by atoms with E-state index in [4.69, 9.17) is 16.3 Å². The van der Waals surface area contributed by atoms with Crippen LogP contribution in [0.15, 0.2) is 71.6 Å². The molecule has 2 N–H and O–H groups in total. The second kappa shape index (κ2) is 9.41. The number of benzene rings is 3. The molecule has 0 aromatic heterocycles. The lowest BCUT2D eigenvalue weighted by Crippen LogP contribution is -2.27. The van der Waals surface area contributed by atoms with Gasteiger partial charge in [-0.05, 0) is 49.7 Å². The minimum absolute atomic E-state index is 0.0235. The summed E-state index contributed by atoms with van der Waals surface area (Å²) in [5.74, 6) is 0.222. The summed E-state index contributed by atoms with van der Waals surface area (Å²) in [6.07, 6.45) is 0. The summed E-state index contributed by atoms with van der Waals surface area (Å²) in [6, 6.07) is 18.2. The molecular weight excluding hydrogens is 436 g/mol. The molecule has 0 spiro atoms. The number of sulfonamides is 1. The smallest absolute Gasteiger partial charge is 0.263 e. The summed E-state index contributed by atoms with van der Waals surface area (Å²) in [5, 5.41) is 2.89. The van der Waals surface area contributed by atoms with E-state index in [1.807, 2.05) is 37.3 Å². The first kappa shape index (κ1) is 22.7. The largest absolute Gasteiger partial charge is 0.496 e. The Bertz CT molecular complexity index is 1210. The minimum Gasteiger partial charge on any atom is -0.496 e. The van der Waals surface area contributed by atoms with E-state index in [0.29, 0.717) is 11.4 Å². The van der Waals surface area contributed by atoms with Crippen LogP contribution in [0.1, 0.15) is 34.5 Å². The van der Waals surface area contributed by atoms with E-state index in [1.165, 1.54) is 18.2 Å². The highest BCUT2D eigenvalue weighted by atomic mass is 35.5. The molecule has 8 heteroatoms. The molecule has 0 saturated heterocycles. The van der Waals surface area contributed by atoms with Crippen LogP contribution in [0.3, 0.4) is 0 Å². The van der Waals surface area contributed by atoms with Crippen LogP contribution in [0.25, 0.3) is 0 Å². The molecule has 0 unspecified atom stereocenters. The molecule has 0 fully saturated rings. The van der Waals surface area contributed by atoms with Crippen molar-refractivity contribution < 1.29 is 17.9 Å². The number of carbonyl (C=O) groups is 1. The maximum atomic E-state index is 12.9. The Labute approximate surface area is 187 Å². The van der Waals surface area contributed by atoms with E-state index < -0.39 is 15.9 Å². The maximum absolute atomic E-state index is 12.9. The topological polar surface area (TPSA) is 84.5 Å². The van der Waals surface area contributed by atoms with Crippen LogP contribution in [-0.4, -0.2) is 21.4 Å². The van der Waals surface area contributed by atoms with E-state index in [1.54, 1.807) is 32.2 Å². The highest BCUT2D eigenvalue weighted by molar-refractivity contribution is 7.92. The molecule has 0 aliphatic carbocycles. The highest BCUT2D eigenvalue weighted by Crippen LogP contribution is 2.28. The van der Waals surface area contributed by atoms with Crippen molar-refractivity contribution >= 4 is 33.2 Å². The molecule has 162 valence electrons. The molecule has 0 radical (unpaired) electrons. The second-order valence-corrected chi connectivity index (χ2v) is 9.06. The molecule has 0 aliphatic rings. The number of carbonyl (C=O) groups excluding carboxylic acids is 1. The first-order valence-corrected chi connectivity index (χ1v) is 11.4. The van der Waals surface area contributed by atoms with Crippen molar-refractivity contribution in [3.63, 3.8) is 0 Å². The van der Waals surface area contributed by atoms with E-state index >= 15 is 0 Å². The van der Waals surface area contributed by atoms with Gasteiger partial charge in [-0.15, -0.1) is 0 Å². The van der Waals surface area contributed by atoms with Gasteiger partial charge in [0.2, 0.25) is 0 Å². The first-order valence-electron chi connectivity index (χ1n) is 9.54. The third kappa shape index (κ3) is 5.18. The Morgan fingerprint density at radius 3 is 2.42 bits per heavy atom. The predicted octanol–water partition coefficient (Wildman–Crippen LogP) is 4.95. The van der Waals surface area contributed by atoms with Crippen molar-refractivity contribution in [2.45, 2.75) is 24.8 Å². The monoisotopic (exact) mass is 458 g/mol. The molecule has 0 aliphatic heterocycles. The van der Waals surface area contributed by atoms with E-state index in [-0.39, 0.29) is 21.5 Å². The number of halogens is 1. The summed E-state index contributed by atoms with van der Waals surface area (Å²) < 4.78 is 33.7. The molecule has 1 amide bonds. The van der Waals surface area contributed by atoms with Crippen LogP contribution in [0.2, 0.25) is 5.02 Å². The van der Waals surface area contributed by atoms with Gasteiger partial charge in [-0.25, -0.2) is 8.42 Å². The molecule has 3 rings (SSSR count). The zero-order chi connectivity index (χ0) is 22.6. The number of methoxy groups -OCH3 is 1. The van der Waals surface area contributed by atoms with Crippen molar-refractivity contribution in [1.29, 1.82) is 0 Å². The Balaban J connectivity index is 1.86. The fourth-order valence-electron chi connectivity index (χ4n) is 3.12. The Morgan fingerprint density at radius 1 is 1.03 bits per heavy atom. The second-order valence-electron chi connectivity index (χ2n) is 7.00. The van der Waals surface area contributed by atoms with Crippen molar-refractivity contribution in [2.24, 2.45) is 0 Å². The molecule has 3 aromatic rings. The number of rotatable bonds is 7. The van der Waals surface area contributed by atoms with Crippen molar-refractivity contribution in [1.82, 2.24) is 5.32 Å². The van der Waals surface area contributed by atoms with Crippen LogP contribution >= 0.6 is 11.6 Å². The molecule has 3 aromatic carbocycles. The zero-order valence-electron chi connectivity index (χ0n) is 17.3. The quantitative estimate of drug-likeness (QED) is 0.524. The maximum Gasteiger partial charge on any atom is 0.263 e. The highest BCUT2D eigenvalue weighted by Gasteiger charge is 2.22. The van der Waals surface area contributed by atoms with Gasteiger partial charge >= 0.3 is 0 Å². The van der Waals surface area contributed by atoms with Gasteiger partial charge in [0.15, 0.2) is 0 Å². The van der Waals surface area contributed by atoms with Crippen molar-refractivity contribution in [3.8, 4) is 5.75 Å². The summed E-state index contributed by atoms with van der Waals surface area (Å²) in [7, 11) is -2.44. The van der Waals surface area contributed by atoms with Gasteiger partial charge in [-0.1, -0.05) is 48.0 Å². The Morgan fingerprint density at radius 2 is 1.71 bits per heavy atom. The number of hydrogen-bond acceptors (Lipinski definition) is 4. The lowest BCUT2D eigenvalue weighted by molar-refractivity contribution is 0.0939. The SMILES string of the molecule is COc1ccccc1[C@H](C)NC(=O)c1ccc(Cl)c(S(=O)(=O)Nc2ccccc2C)c1. The molecule has 0 bridgehead atoms. The normalized spacial score (nSPS) is 12.1. The number of aryl methyl sites for hydroxylation is 1. The number of para-hydroxylation sites is 2. The molecular formula is C23H23ClN2O4S. The fourth-order valence-corrected chi connectivity index (χ4v) is 4.78. The van der Waals surface area contributed by atoms with E-state index in [9.17, 15) is 13.2 Å². The summed E-state index contributed by atoms with van der Waals surface area (Å²) in [4.78, 5) is 12.6. The van der Waals surface area contributed by atoms with Gasteiger partial charge in [0.1, 0.15) is 10.6 Å². The number of ether oxygens (including phenoxy) is 1. The Hall–Kier alpha value is -3.03. The van der Waals surface area contributed by atoms with Crippen molar-refractivity contribution in [2.75, 3.05) is 11.8 Å². The van der Waals surface area contributed by atoms with E-state index in [0.717, 1.165) is 11.1 Å². The molecule has 1 atom stereocenters. The third-order valence-corrected chi connectivity index (χ3v) is 6.67. The van der Waals surface area contributed by atoms with E-state index in [2.05, 4.69) is 10.0 Å². The summed E-state index contributed by atoms with van der Waals surface area (Å²) in [5.41, 5.74) is 2.19. The van der Waals surface area contributed by atoms with Crippen LogP contribution < -0.4 is 14.8 Å². The summed E-state index contributed by atoms with van der Waals surface area (Å²) >= 11 is 6.17. The van der Waals surface area contributed by atoms with Crippen LogP contribution in [0.4, 0.5) is 5.69 Å². The lowest BCUT2D eigenvalue weighted by Gasteiger charge is -2.18. The van der Waals surface area contributed by atoms with Gasteiger partial charge in [-0.3, -0.25) is 9.52 Å². The minimum atomic E-state index is -4.00. The third-order valence-electron chi connectivity index (χ3n) is 4.83. The average molecular weight is 459 g/mol. The molecule has 0 heterocycles. The van der Waals surface area contributed by atoms with Gasteiger partial charge in [-0.2, -0.15) is 0 Å². The average Bonchev–Trinajstić information content (AvgIpc) is 2.75. The van der Waals surface area contributed by atoms with Crippen LogP contribution in [0, 0.1) is 6.92 Å². The van der Waals surface area contributed by atoms with Gasteiger partial charge in [0.25, 0.3) is 15.9 Å². The lowest BCUT2D eigenvalue weighted by atomic mass is 10.1. The van der Waals surface area contributed by atoms with Crippen LogP contribution in [0.5, 0.6) is 5.75 Å². The number of amides is 1. The van der Waals surface area contributed by atoms with Gasteiger partial charge in [0.05, 0.1) is 23.9 Å².